The van der Waals surface area contributed by atoms with Gasteiger partial charge >= 0.3 is 0 Å². The monoisotopic (exact) mass is 165 g/mol. The average molecular weight is 165 g/mol. The highest BCUT2D eigenvalue weighted by Crippen LogP contribution is 2.07. The molecule has 0 aliphatic carbocycles. The van der Waals surface area contributed by atoms with Crippen molar-refractivity contribution >= 4 is 6.29 Å². The molecule has 0 saturated carbocycles. The molecule has 0 bridgehead atoms. The zero-order valence-electron chi connectivity index (χ0n) is 6.64. The molecule has 3 heteroatoms. The minimum atomic E-state index is -0.537. The lowest BCUT2D eigenvalue weighted by Gasteiger charge is -2.06. The van der Waals surface area contributed by atoms with Crippen molar-refractivity contribution in [3.63, 3.8) is 0 Å². The van der Waals surface area contributed by atoms with E-state index in [9.17, 15) is 4.79 Å². The lowest BCUT2D eigenvalue weighted by atomic mass is 10.3. The van der Waals surface area contributed by atoms with E-state index in [0.29, 0.717) is 6.29 Å². The van der Waals surface area contributed by atoms with E-state index in [1.807, 2.05) is 30.3 Å². The normalized spacial score (nSPS) is 12.1. The van der Waals surface area contributed by atoms with Crippen molar-refractivity contribution in [2.24, 2.45) is 5.73 Å². The Morgan fingerprint density at radius 3 is 2.67 bits per heavy atom. The summed E-state index contributed by atoms with van der Waals surface area (Å²) in [6, 6.07) is 8.72. The van der Waals surface area contributed by atoms with Crippen molar-refractivity contribution in [2.45, 2.75) is 6.04 Å². The summed E-state index contributed by atoms with van der Waals surface area (Å²) in [6.45, 7) is 0.230. The standard InChI is InChI=1S/C9H11NO2/c10-8(6-11)7-12-9-4-2-1-3-5-9/h1-6,8H,7,10H2. The number of para-hydroxylation sites is 1. The van der Waals surface area contributed by atoms with Crippen LogP contribution in [0.2, 0.25) is 0 Å². The van der Waals surface area contributed by atoms with Gasteiger partial charge in [-0.15, -0.1) is 0 Å². The van der Waals surface area contributed by atoms with Gasteiger partial charge in [0, 0.05) is 0 Å². The fourth-order valence-electron chi connectivity index (χ4n) is 0.748. The van der Waals surface area contributed by atoms with Gasteiger partial charge in [0.15, 0.2) is 0 Å². The first-order chi connectivity index (χ1) is 5.83. The fraction of sp³-hybridized carbons (Fsp3) is 0.222. The van der Waals surface area contributed by atoms with Crippen LogP contribution < -0.4 is 10.5 Å². The van der Waals surface area contributed by atoms with Crippen LogP contribution in [0.25, 0.3) is 0 Å². The Kier molecular flexibility index (Phi) is 3.29. The van der Waals surface area contributed by atoms with Crippen molar-refractivity contribution in [1.82, 2.24) is 0 Å². The maximum Gasteiger partial charge on any atom is 0.140 e. The topological polar surface area (TPSA) is 52.3 Å². The van der Waals surface area contributed by atoms with E-state index in [4.69, 9.17) is 10.5 Å². The molecule has 1 rings (SSSR count). The van der Waals surface area contributed by atoms with Crippen LogP contribution in [0.15, 0.2) is 30.3 Å². The van der Waals surface area contributed by atoms with E-state index in [2.05, 4.69) is 0 Å². The second-order valence-corrected chi connectivity index (χ2v) is 2.42. The molecule has 0 spiro atoms. The largest absolute Gasteiger partial charge is 0.492 e. The molecular weight excluding hydrogens is 154 g/mol. The molecule has 1 aromatic rings. The van der Waals surface area contributed by atoms with Crippen LogP contribution in [0.4, 0.5) is 0 Å². The molecule has 3 nitrogen and oxygen atoms in total. The summed E-state index contributed by atoms with van der Waals surface area (Å²) in [5, 5.41) is 0. The number of nitrogens with two attached hydrogens (primary N) is 1. The van der Waals surface area contributed by atoms with Crippen LogP contribution in [0.1, 0.15) is 0 Å². The quantitative estimate of drug-likeness (QED) is 0.664. The Hall–Kier alpha value is -1.35. The summed E-state index contributed by atoms with van der Waals surface area (Å²) >= 11 is 0. The molecule has 64 valence electrons. The minimum absolute atomic E-state index is 0.230. The maximum absolute atomic E-state index is 10.1. The van der Waals surface area contributed by atoms with Crippen LogP contribution in [0.3, 0.4) is 0 Å². The maximum atomic E-state index is 10.1. The molecule has 1 atom stereocenters. The van der Waals surface area contributed by atoms with E-state index in [0.717, 1.165) is 5.75 Å². The highest BCUT2D eigenvalue weighted by molar-refractivity contribution is 5.57. The van der Waals surface area contributed by atoms with Gasteiger partial charge in [0.05, 0.1) is 6.04 Å². The van der Waals surface area contributed by atoms with Gasteiger partial charge in [-0.25, -0.2) is 0 Å². The number of ether oxygens (including phenoxy) is 1. The van der Waals surface area contributed by atoms with E-state index in [1.54, 1.807) is 0 Å². The molecular formula is C9H11NO2. The average Bonchev–Trinajstić information content (AvgIpc) is 2.16. The zero-order chi connectivity index (χ0) is 8.81. The molecule has 0 aliphatic rings. The van der Waals surface area contributed by atoms with Crippen molar-refractivity contribution < 1.29 is 9.53 Å². The third-order valence-corrected chi connectivity index (χ3v) is 1.36. The molecule has 1 aromatic carbocycles. The minimum Gasteiger partial charge on any atom is -0.492 e. The third kappa shape index (κ3) is 2.72. The summed E-state index contributed by atoms with van der Waals surface area (Å²) < 4.78 is 5.20. The summed E-state index contributed by atoms with van der Waals surface area (Å²) in [7, 11) is 0. The molecule has 0 aliphatic heterocycles. The van der Waals surface area contributed by atoms with Crippen molar-refractivity contribution in [1.29, 1.82) is 0 Å². The van der Waals surface area contributed by atoms with Crippen LogP contribution in [0.5, 0.6) is 5.75 Å². The molecule has 12 heavy (non-hydrogen) atoms. The predicted molar refractivity (Wildman–Crippen MR) is 46.0 cm³/mol. The van der Waals surface area contributed by atoms with Crippen LogP contribution in [-0.4, -0.2) is 18.9 Å². The zero-order valence-corrected chi connectivity index (χ0v) is 6.64. The number of hydrogen-bond acceptors (Lipinski definition) is 3. The van der Waals surface area contributed by atoms with Gasteiger partial charge in [0.25, 0.3) is 0 Å². The Bertz CT molecular complexity index is 236. The van der Waals surface area contributed by atoms with Gasteiger partial charge in [0.2, 0.25) is 0 Å². The molecule has 0 heterocycles. The smallest absolute Gasteiger partial charge is 0.140 e. The van der Waals surface area contributed by atoms with Crippen molar-refractivity contribution in [2.75, 3.05) is 6.61 Å². The second kappa shape index (κ2) is 4.51. The van der Waals surface area contributed by atoms with E-state index in [-0.39, 0.29) is 6.61 Å². The van der Waals surface area contributed by atoms with Gasteiger partial charge in [-0.2, -0.15) is 0 Å². The predicted octanol–water partition coefficient (Wildman–Crippen LogP) is 0.592. The Morgan fingerprint density at radius 2 is 2.08 bits per heavy atom. The van der Waals surface area contributed by atoms with Crippen LogP contribution >= 0.6 is 0 Å². The number of hydrogen-bond donors (Lipinski definition) is 1. The molecule has 1 unspecified atom stereocenters. The van der Waals surface area contributed by atoms with Crippen LogP contribution in [0, 0.1) is 0 Å². The second-order valence-electron chi connectivity index (χ2n) is 2.42. The number of aldehydes is 1. The van der Waals surface area contributed by atoms with Gasteiger partial charge in [0.1, 0.15) is 18.6 Å². The summed E-state index contributed by atoms with van der Waals surface area (Å²) in [5.74, 6) is 0.731. The van der Waals surface area contributed by atoms with Crippen LogP contribution in [-0.2, 0) is 4.79 Å². The Balaban J connectivity index is 2.38. The number of benzene rings is 1. The lowest BCUT2D eigenvalue weighted by Crippen LogP contribution is -2.29. The van der Waals surface area contributed by atoms with E-state index in [1.165, 1.54) is 0 Å². The number of rotatable bonds is 4. The molecule has 0 radical (unpaired) electrons. The molecule has 0 saturated heterocycles. The van der Waals surface area contributed by atoms with Gasteiger partial charge in [-0.1, -0.05) is 18.2 Å². The van der Waals surface area contributed by atoms with Crippen molar-refractivity contribution in [3.8, 4) is 5.75 Å². The molecule has 2 N–H and O–H groups in total. The first-order valence-corrected chi connectivity index (χ1v) is 3.71. The SMILES string of the molecule is NC(C=O)COc1ccccc1. The van der Waals surface area contributed by atoms with Crippen molar-refractivity contribution in [3.05, 3.63) is 30.3 Å². The van der Waals surface area contributed by atoms with Gasteiger partial charge in [-0.05, 0) is 12.1 Å². The number of carbonyl (C=O) groups is 1. The first-order valence-electron chi connectivity index (χ1n) is 3.71. The summed E-state index contributed by atoms with van der Waals surface area (Å²) in [4.78, 5) is 10.1. The summed E-state index contributed by atoms with van der Waals surface area (Å²) in [5.41, 5.74) is 5.33. The number of carbonyl (C=O) groups excluding carboxylic acids is 1. The summed E-state index contributed by atoms with van der Waals surface area (Å²) in [6.07, 6.45) is 0.670. The third-order valence-electron chi connectivity index (χ3n) is 1.36. The van der Waals surface area contributed by atoms with E-state index < -0.39 is 6.04 Å². The van der Waals surface area contributed by atoms with Gasteiger partial charge in [-0.3, -0.25) is 0 Å². The highest BCUT2D eigenvalue weighted by Gasteiger charge is 1.99. The first kappa shape index (κ1) is 8.74. The Labute approximate surface area is 71.1 Å². The van der Waals surface area contributed by atoms with E-state index >= 15 is 0 Å². The Morgan fingerprint density at radius 1 is 1.42 bits per heavy atom. The lowest BCUT2D eigenvalue weighted by molar-refractivity contribution is -0.109. The molecule has 0 fully saturated rings. The molecule has 0 amide bonds. The molecule has 0 aromatic heterocycles. The van der Waals surface area contributed by atoms with Gasteiger partial charge < -0.3 is 15.3 Å². The fourth-order valence-corrected chi connectivity index (χ4v) is 0.748. The highest BCUT2D eigenvalue weighted by atomic mass is 16.5.